The minimum Gasteiger partial charge on any atom is -0.469 e. The minimum atomic E-state index is 0.153. The largest absolute Gasteiger partial charge is 0.469 e. The molecule has 0 aliphatic carbocycles. The quantitative estimate of drug-likeness (QED) is 0.609. The van der Waals surface area contributed by atoms with Gasteiger partial charge >= 0.3 is 0 Å². The second kappa shape index (κ2) is 8.42. The molecule has 1 aromatic heterocycles. The molecule has 0 spiro atoms. The Balaban J connectivity index is 1.75. The minimum absolute atomic E-state index is 0.153. The molecule has 0 fully saturated rings. The first kappa shape index (κ1) is 17.1. The summed E-state index contributed by atoms with van der Waals surface area (Å²) in [7, 11) is 1.80. The number of rotatable bonds is 7. The van der Waals surface area contributed by atoms with Crippen LogP contribution in [0.4, 0.5) is 0 Å². The molecule has 1 heterocycles. The van der Waals surface area contributed by atoms with Gasteiger partial charge in [-0.2, -0.15) is 0 Å². The summed E-state index contributed by atoms with van der Waals surface area (Å²) in [6.07, 6.45) is 3.58. The summed E-state index contributed by atoms with van der Waals surface area (Å²) < 4.78 is 5.33. The third-order valence-electron chi connectivity index (χ3n) is 3.73. The lowest BCUT2D eigenvalue weighted by molar-refractivity contribution is 0.359. The van der Waals surface area contributed by atoms with Crippen molar-refractivity contribution < 1.29 is 4.42 Å². The molecule has 2 N–H and O–H groups in total. The van der Waals surface area contributed by atoms with Crippen LogP contribution in [0.15, 0.2) is 58.1 Å². The second-order valence-corrected chi connectivity index (χ2v) is 6.51. The van der Waals surface area contributed by atoms with E-state index in [1.807, 2.05) is 12.1 Å². The second-order valence-electron chi connectivity index (χ2n) is 6.51. The van der Waals surface area contributed by atoms with Gasteiger partial charge in [0.25, 0.3) is 0 Å². The topological polar surface area (TPSA) is 49.6 Å². The van der Waals surface area contributed by atoms with Crippen molar-refractivity contribution in [2.45, 2.75) is 26.7 Å². The Kier molecular flexibility index (Phi) is 6.27. The molecular weight excluding hydrogens is 286 g/mol. The van der Waals surface area contributed by atoms with Crippen molar-refractivity contribution in [1.29, 1.82) is 0 Å². The highest BCUT2D eigenvalue weighted by Gasteiger charge is 2.18. The van der Waals surface area contributed by atoms with Crippen molar-refractivity contribution in [3.05, 3.63) is 60.1 Å². The molecule has 0 amide bonds. The predicted octanol–water partition coefficient (Wildman–Crippen LogP) is 3.26. The monoisotopic (exact) mass is 313 g/mol. The lowest BCUT2D eigenvalue weighted by atomic mass is 9.86. The van der Waals surface area contributed by atoms with E-state index in [1.165, 1.54) is 5.56 Å². The molecule has 0 bridgehead atoms. The fourth-order valence-electron chi connectivity index (χ4n) is 2.51. The average Bonchev–Trinajstić information content (AvgIpc) is 3.04. The normalized spacial score (nSPS) is 12.2. The molecule has 23 heavy (non-hydrogen) atoms. The third-order valence-corrected chi connectivity index (χ3v) is 3.73. The van der Waals surface area contributed by atoms with Crippen LogP contribution in [-0.4, -0.2) is 26.1 Å². The van der Waals surface area contributed by atoms with Crippen LogP contribution in [0, 0.1) is 5.41 Å². The summed E-state index contributed by atoms with van der Waals surface area (Å²) in [5, 5.41) is 6.74. The summed E-state index contributed by atoms with van der Waals surface area (Å²) in [6, 6.07) is 14.5. The molecule has 4 heteroatoms. The summed E-state index contributed by atoms with van der Waals surface area (Å²) in [5.74, 6) is 1.81. The van der Waals surface area contributed by atoms with E-state index in [0.717, 1.165) is 37.7 Å². The maximum atomic E-state index is 5.33. The molecule has 0 saturated heterocycles. The van der Waals surface area contributed by atoms with E-state index < -0.39 is 0 Å². The van der Waals surface area contributed by atoms with Crippen molar-refractivity contribution in [2.75, 3.05) is 20.1 Å². The van der Waals surface area contributed by atoms with Gasteiger partial charge in [0, 0.05) is 26.6 Å². The maximum absolute atomic E-state index is 5.33. The standard InChI is InChI=1S/C19H27N3O/c1-19(2,14-16-8-5-4-6-9-16)15-22-18(20-3)21-12-11-17-10-7-13-23-17/h4-10,13H,11-12,14-15H2,1-3H3,(H2,20,21,22). The first-order valence-corrected chi connectivity index (χ1v) is 8.10. The lowest BCUT2D eigenvalue weighted by Crippen LogP contribution is -2.43. The van der Waals surface area contributed by atoms with Gasteiger partial charge in [-0.15, -0.1) is 0 Å². The van der Waals surface area contributed by atoms with E-state index in [1.54, 1.807) is 13.3 Å². The zero-order valence-electron chi connectivity index (χ0n) is 14.3. The summed E-state index contributed by atoms with van der Waals surface area (Å²) in [6.45, 7) is 6.20. The molecule has 0 aliphatic heterocycles. The van der Waals surface area contributed by atoms with Gasteiger partial charge in [0.05, 0.1) is 6.26 Å². The van der Waals surface area contributed by atoms with Gasteiger partial charge in [-0.1, -0.05) is 44.2 Å². The molecule has 124 valence electrons. The summed E-state index contributed by atoms with van der Waals surface area (Å²) in [4.78, 5) is 4.28. The number of hydrogen-bond donors (Lipinski definition) is 2. The van der Waals surface area contributed by atoms with Gasteiger partial charge in [0.2, 0.25) is 0 Å². The zero-order valence-corrected chi connectivity index (χ0v) is 14.3. The van der Waals surface area contributed by atoms with Crippen LogP contribution in [0.25, 0.3) is 0 Å². The molecule has 0 radical (unpaired) electrons. The Morgan fingerprint density at radius 1 is 1.09 bits per heavy atom. The van der Waals surface area contributed by atoms with Crippen LogP contribution in [0.1, 0.15) is 25.2 Å². The van der Waals surface area contributed by atoms with Crippen molar-refractivity contribution in [3.63, 3.8) is 0 Å². The number of nitrogens with one attached hydrogen (secondary N) is 2. The molecule has 0 unspecified atom stereocenters. The number of aliphatic imine (C=N–C) groups is 1. The van der Waals surface area contributed by atoms with Gasteiger partial charge in [-0.05, 0) is 29.5 Å². The Hall–Kier alpha value is -2.23. The van der Waals surface area contributed by atoms with Crippen molar-refractivity contribution in [3.8, 4) is 0 Å². The smallest absolute Gasteiger partial charge is 0.191 e. The van der Waals surface area contributed by atoms with E-state index in [9.17, 15) is 0 Å². The first-order valence-electron chi connectivity index (χ1n) is 8.10. The fraction of sp³-hybridized carbons (Fsp3) is 0.421. The van der Waals surface area contributed by atoms with Crippen LogP contribution in [0.2, 0.25) is 0 Å². The van der Waals surface area contributed by atoms with E-state index in [-0.39, 0.29) is 5.41 Å². The van der Waals surface area contributed by atoms with Crippen LogP contribution < -0.4 is 10.6 Å². The molecule has 0 atom stereocenters. The third kappa shape index (κ3) is 6.19. The maximum Gasteiger partial charge on any atom is 0.191 e. The van der Waals surface area contributed by atoms with Crippen LogP contribution >= 0.6 is 0 Å². The molecule has 1 aromatic carbocycles. The summed E-state index contributed by atoms with van der Waals surface area (Å²) in [5.41, 5.74) is 1.51. The lowest BCUT2D eigenvalue weighted by Gasteiger charge is -2.26. The van der Waals surface area contributed by atoms with Crippen molar-refractivity contribution in [2.24, 2.45) is 10.4 Å². The van der Waals surface area contributed by atoms with E-state index in [0.29, 0.717) is 0 Å². The van der Waals surface area contributed by atoms with E-state index in [4.69, 9.17) is 4.42 Å². The highest BCUT2D eigenvalue weighted by atomic mass is 16.3. The van der Waals surface area contributed by atoms with Crippen LogP contribution in [0.5, 0.6) is 0 Å². The van der Waals surface area contributed by atoms with Gasteiger partial charge < -0.3 is 15.1 Å². The number of guanidine groups is 1. The van der Waals surface area contributed by atoms with Gasteiger partial charge in [0.15, 0.2) is 5.96 Å². The SMILES string of the molecule is CN=C(NCCc1ccco1)NCC(C)(C)Cc1ccccc1. The average molecular weight is 313 g/mol. The Morgan fingerprint density at radius 3 is 2.52 bits per heavy atom. The number of nitrogens with zero attached hydrogens (tertiary/aromatic N) is 1. The highest BCUT2D eigenvalue weighted by Crippen LogP contribution is 2.20. The Morgan fingerprint density at radius 2 is 1.87 bits per heavy atom. The molecule has 2 rings (SSSR count). The van der Waals surface area contributed by atoms with E-state index >= 15 is 0 Å². The first-order chi connectivity index (χ1) is 11.1. The van der Waals surface area contributed by atoms with E-state index in [2.05, 4.69) is 59.8 Å². The molecule has 0 saturated carbocycles. The highest BCUT2D eigenvalue weighted by molar-refractivity contribution is 5.79. The Bertz CT molecular complexity index is 588. The number of furan rings is 1. The van der Waals surface area contributed by atoms with Crippen molar-refractivity contribution in [1.82, 2.24) is 10.6 Å². The predicted molar refractivity (Wildman–Crippen MR) is 95.7 cm³/mol. The fourth-order valence-corrected chi connectivity index (χ4v) is 2.51. The van der Waals surface area contributed by atoms with Crippen LogP contribution in [-0.2, 0) is 12.8 Å². The van der Waals surface area contributed by atoms with Gasteiger partial charge in [0.1, 0.15) is 5.76 Å². The zero-order chi connectivity index (χ0) is 16.5. The molecule has 0 aliphatic rings. The van der Waals surface area contributed by atoms with Crippen LogP contribution in [0.3, 0.4) is 0 Å². The van der Waals surface area contributed by atoms with Crippen molar-refractivity contribution >= 4 is 5.96 Å². The number of benzene rings is 1. The number of hydrogen-bond acceptors (Lipinski definition) is 2. The van der Waals surface area contributed by atoms with Gasteiger partial charge in [-0.3, -0.25) is 4.99 Å². The summed E-state index contributed by atoms with van der Waals surface area (Å²) >= 11 is 0. The van der Waals surface area contributed by atoms with Gasteiger partial charge in [-0.25, -0.2) is 0 Å². The molecule has 4 nitrogen and oxygen atoms in total. The molecule has 2 aromatic rings. The molecular formula is C19H27N3O. The Labute approximate surface area is 139 Å².